The lowest BCUT2D eigenvalue weighted by atomic mass is 10.1. The molecule has 0 fully saturated rings. The second kappa shape index (κ2) is 4.81. The van der Waals surface area contributed by atoms with Crippen LogP contribution in [0.25, 0.3) is 11.3 Å². The molecule has 0 bridgehead atoms. The number of benzene rings is 1. The Morgan fingerprint density at radius 2 is 2.12 bits per heavy atom. The Morgan fingerprint density at radius 1 is 1.38 bits per heavy atom. The van der Waals surface area contributed by atoms with E-state index in [4.69, 9.17) is 16.1 Å². The van der Waals surface area contributed by atoms with Crippen LogP contribution in [0.15, 0.2) is 34.9 Å². The van der Waals surface area contributed by atoms with E-state index in [1.165, 1.54) is 0 Å². The number of carbonyl (C=O) groups is 1. The van der Waals surface area contributed by atoms with E-state index in [0.29, 0.717) is 23.7 Å². The summed E-state index contributed by atoms with van der Waals surface area (Å²) in [7, 11) is 0. The van der Waals surface area contributed by atoms with Crippen LogP contribution in [-0.2, 0) is 11.3 Å². The Morgan fingerprint density at radius 3 is 2.81 bits per heavy atom. The van der Waals surface area contributed by atoms with Gasteiger partial charge in [0.25, 0.3) is 0 Å². The van der Waals surface area contributed by atoms with Crippen LogP contribution < -0.4 is 5.32 Å². The van der Waals surface area contributed by atoms with Gasteiger partial charge in [-0.25, -0.2) is 0 Å². The molecule has 0 atom stereocenters. The third kappa shape index (κ3) is 2.41. The minimum atomic E-state index is 0.337. The van der Waals surface area contributed by atoms with Gasteiger partial charge < -0.3 is 9.84 Å². The van der Waals surface area contributed by atoms with E-state index >= 15 is 0 Å². The fourth-order valence-electron chi connectivity index (χ4n) is 1.30. The van der Waals surface area contributed by atoms with Crippen molar-refractivity contribution in [2.24, 2.45) is 0 Å². The van der Waals surface area contributed by atoms with Gasteiger partial charge in [0, 0.05) is 16.7 Å². The second-order valence-electron chi connectivity index (χ2n) is 3.18. The van der Waals surface area contributed by atoms with E-state index in [-0.39, 0.29) is 0 Å². The molecule has 16 heavy (non-hydrogen) atoms. The molecule has 1 N–H and O–H groups in total. The molecule has 0 aliphatic heterocycles. The number of aromatic nitrogens is 1. The van der Waals surface area contributed by atoms with Crippen LogP contribution in [-0.4, -0.2) is 11.6 Å². The van der Waals surface area contributed by atoms with Gasteiger partial charge in [-0.05, 0) is 12.1 Å². The summed E-state index contributed by atoms with van der Waals surface area (Å²) < 4.78 is 5.05. The first kappa shape index (κ1) is 10.7. The van der Waals surface area contributed by atoms with Crippen LogP contribution in [0.3, 0.4) is 0 Å². The van der Waals surface area contributed by atoms with Gasteiger partial charge in [-0.1, -0.05) is 28.9 Å². The monoisotopic (exact) mass is 236 g/mol. The van der Waals surface area contributed by atoms with Crippen molar-refractivity contribution in [3.63, 3.8) is 0 Å². The van der Waals surface area contributed by atoms with E-state index in [0.717, 1.165) is 11.3 Å². The highest BCUT2D eigenvalue weighted by Crippen LogP contribution is 2.21. The molecule has 0 aliphatic carbocycles. The first-order valence-corrected chi connectivity index (χ1v) is 5.06. The molecule has 1 aromatic carbocycles. The zero-order chi connectivity index (χ0) is 11.4. The molecule has 0 radical (unpaired) electrons. The third-order valence-electron chi connectivity index (χ3n) is 2.06. The Hall–Kier alpha value is -1.81. The average molecular weight is 237 g/mol. The summed E-state index contributed by atoms with van der Waals surface area (Å²) in [5, 5.41) is 7.07. The minimum absolute atomic E-state index is 0.337. The van der Waals surface area contributed by atoms with Gasteiger partial charge in [0.05, 0.1) is 6.54 Å². The number of hydrogen-bond donors (Lipinski definition) is 1. The first-order valence-electron chi connectivity index (χ1n) is 4.68. The largest absolute Gasteiger partial charge is 0.359 e. The van der Waals surface area contributed by atoms with E-state index in [1.807, 2.05) is 12.1 Å². The van der Waals surface area contributed by atoms with Crippen LogP contribution in [0.5, 0.6) is 0 Å². The third-order valence-corrected chi connectivity index (χ3v) is 2.31. The lowest BCUT2D eigenvalue weighted by Gasteiger charge is -1.94. The van der Waals surface area contributed by atoms with Crippen molar-refractivity contribution in [1.29, 1.82) is 0 Å². The normalized spacial score (nSPS) is 10.1. The van der Waals surface area contributed by atoms with Crippen molar-refractivity contribution in [2.45, 2.75) is 6.54 Å². The van der Waals surface area contributed by atoms with Crippen molar-refractivity contribution in [3.8, 4) is 11.3 Å². The highest BCUT2D eigenvalue weighted by atomic mass is 35.5. The number of nitrogens with zero attached hydrogens (tertiary/aromatic N) is 1. The van der Waals surface area contributed by atoms with E-state index < -0.39 is 0 Å². The number of amides is 1. The molecule has 2 aromatic rings. The van der Waals surface area contributed by atoms with E-state index in [9.17, 15) is 4.79 Å². The molecule has 2 rings (SSSR count). The van der Waals surface area contributed by atoms with E-state index in [2.05, 4.69) is 10.5 Å². The SMILES string of the molecule is O=CNCc1cc(-c2ccc(Cl)cc2)no1. The Bertz CT molecular complexity index is 479. The average Bonchev–Trinajstić information content (AvgIpc) is 2.76. The summed E-state index contributed by atoms with van der Waals surface area (Å²) in [4.78, 5) is 10.1. The van der Waals surface area contributed by atoms with Crippen LogP contribution in [0.4, 0.5) is 0 Å². The van der Waals surface area contributed by atoms with E-state index in [1.54, 1.807) is 18.2 Å². The molecule has 0 saturated carbocycles. The highest BCUT2D eigenvalue weighted by molar-refractivity contribution is 6.30. The zero-order valence-electron chi connectivity index (χ0n) is 8.31. The van der Waals surface area contributed by atoms with Gasteiger partial charge >= 0.3 is 0 Å². The van der Waals surface area contributed by atoms with Gasteiger partial charge in [-0.3, -0.25) is 4.79 Å². The summed E-state index contributed by atoms with van der Waals surface area (Å²) in [5.41, 5.74) is 1.64. The van der Waals surface area contributed by atoms with Crippen molar-refractivity contribution in [2.75, 3.05) is 0 Å². The van der Waals surface area contributed by atoms with Gasteiger partial charge in [0.1, 0.15) is 5.69 Å². The molecule has 82 valence electrons. The maximum absolute atomic E-state index is 10.1. The van der Waals surface area contributed by atoms with Crippen LogP contribution >= 0.6 is 11.6 Å². The first-order chi connectivity index (χ1) is 7.79. The maximum Gasteiger partial charge on any atom is 0.207 e. The van der Waals surface area contributed by atoms with Crippen LogP contribution in [0, 0.1) is 0 Å². The lowest BCUT2D eigenvalue weighted by Crippen LogP contribution is -2.08. The van der Waals surface area contributed by atoms with Crippen LogP contribution in [0.1, 0.15) is 5.76 Å². The molecular formula is C11H9ClN2O2. The number of nitrogens with one attached hydrogen (secondary N) is 1. The fraction of sp³-hybridized carbons (Fsp3) is 0.0909. The van der Waals surface area contributed by atoms with Gasteiger partial charge in [-0.15, -0.1) is 0 Å². The Balaban J connectivity index is 2.17. The Kier molecular flexibility index (Phi) is 3.22. The van der Waals surface area contributed by atoms with Crippen molar-refractivity contribution < 1.29 is 9.32 Å². The molecule has 5 heteroatoms. The molecule has 1 aromatic heterocycles. The van der Waals surface area contributed by atoms with Crippen molar-refractivity contribution in [1.82, 2.24) is 10.5 Å². The summed E-state index contributed by atoms with van der Waals surface area (Å²) in [6.45, 7) is 0.337. The minimum Gasteiger partial charge on any atom is -0.359 e. The Labute approximate surface area is 97.2 Å². The number of hydrogen-bond acceptors (Lipinski definition) is 3. The summed E-state index contributed by atoms with van der Waals surface area (Å²) in [6, 6.07) is 9.07. The molecule has 4 nitrogen and oxygen atoms in total. The molecule has 0 unspecified atom stereocenters. The van der Waals surface area contributed by atoms with Crippen molar-refractivity contribution in [3.05, 3.63) is 41.1 Å². The molecular weight excluding hydrogens is 228 g/mol. The number of rotatable bonds is 4. The fourth-order valence-corrected chi connectivity index (χ4v) is 1.42. The predicted molar refractivity (Wildman–Crippen MR) is 59.9 cm³/mol. The molecule has 0 saturated heterocycles. The van der Waals surface area contributed by atoms with Gasteiger partial charge in [0.15, 0.2) is 5.76 Å². The van der Waals surface area contributed by atoms with Gasteiger partial charge in [0.2, 0.25) is 6.41 Å². The zero-order valence-corrected chi connectivity index (χ0v) is 9.07. The number of halogens is 1. The molecule has 1 heterocycles. The van der Waals surface area contributed by atoms with Crippen molar-refractivity contribution >= 4 is 18.0 Å². The second-order valence-corrected chi connectivity index (χ2v) is 3.62. The topological polar surface area (TPSA) is 55.1 Å². The summed E-state index contributed by atoms with van der Waals surface area (Å²) >= 11 is 5.78. The molecule has 1 amide bonds. The maximum atomic E-state index is 10.1. The highest BCUT2D eigenvalue weighted by Gasteiger charge is 2.05. The summed E-state index contributed by atoms with van der Waals surface area (Å²) in [5.74, 6) is 0.608. The summed E-state index contributed by atoms with van der Waals surface area (Å²) in [6.07, 6.45) is 0.616. The lowest BCUT2D eigenvalue weighted by molar-refractivity contribution is -0.109. The quantitative estimate of drug-likeness (QED) is 0.829. The number of carbonyl (C=O) groups excluding carboxylic acids is 1. The molecule has 0 spiro atoms. The molecule has 0 aliphatic rings. The predicted octanol–water partition coefficient (Wildman–Crippen LogP) is 2.24. The van der Waals surface area contributed by atoms with Gasteiger partial charge in [-0.2, -0.15) is 0 Å². The smallest absolute Gasteiger partial charge is 0.207 e. The standard InChI is InChI=1S/C11H9ClN2O2/c12-9-3-1-8(2-4-9)11-5-10(16-14-11)6-13-7-15/h1-5,7H,6H2,(H,13,15). The van der Waals surface area contributed by atoms with Crippen LogP contribution in [0.2, 0.25) is 5.02 Å².